The largest absolute Gasteiger partial charge is 0.293 e. The summed E-state index contributed by atoms with van der Waals surface area (Å²) in [4.78, 5) is 12.2. The molecule has 1 atom stereocenters. The highest BCUT2D eigenvalue weighted by molar-refractivity contribution is 7.92. The second-order valence-electron chi connectivity index (χ2n) is 4.90. The maximum atomic E-state index is 12.2. The lowest BCUT2D eigenvalue weighted by Gasteiger charge is -2.11. The molecule has 0 unspecified atom stereocenters. The second-order valence-corrected chi connectivity index (χ2v) is 7.51. The van der Waals surface area contributed by atoms with Crippen molar-refractivity contribution in [1.29, 1.82) is 0 Å². The van der Waals surface area contributed by atoms with Gasteiger partial charge in [-0.15, -0.1) is 0 Å². The first-order valence-electron chi connectivity index (χ1n) is 6.87. The van der Waals surface area contributed by atoms with Crippen molar-refractivity contribution in [2.75, 3.05) is 5.75 Å². The molecule has 4 heteroatoms. The van der Waals surface area contributed by atoms with Crippen LogP contribution in [0.5, 0.6) is 0 Å². The Morgan fingerprint density at radius 3 is 2.00 bits per heavy atom. The summed E-state index contributed by atoms with van der Waals surface area (Å²) in [7, 11) is -3.36. The molecule has 0 aromatic heterocycles. The summed E-state index contributed by atoms with van der Waals surface area (Å²) >= 11 is 0. The summed E-state index contributed by atoms with van der Waals surface area (Å²) in [5.41, 5.74) is 2.49. The van der Waals surface area contributed by atoms with Gasteiger partial charge in [-0.2, -0.15) is 0 Å². The number of hydrogen-bond donors (Lipinski definition) is 0. The Balaban J connectivity index is 2.26. The van der Waals surface area contributed by atoms with Gasteiger partial charge in [0, 0.05) is 11.3 Å². The fourth-order valence-corrected chi connectivity index (χ4v) is 3.07. The minimum Gasteiger partial charge on any atom is -0.293 e. The highest BCUT2D eigenvalue weighted by Gasteiger charge is 2.26. The van der Waals surface area contributed by atoms with E-state index in [0.29, 0.717) is 5.56 Å². The minimum atomic E-state index is -3.36. The summed E-state index contributed by atoms with van der Waals surface area (Å²) in [5.74, 6) is -0.376. The molecule has 0 fully saturated rings. The molecule has 2 aromatic rings. The standard InChI is InChI=1S/C17H18O3S/c1-3-21(19,20)13(2)17(18)16-11-9-15(10-12-16)14-7-5-4-6-8-14/h4-13H,3H2,1-2H3/t13-/m1/s1. The molecule has 0 N–H and O–H groups in total. The fraction of sp³-hybridized carbons (Fsp3) is 0.235. The maximum absolute atomic E-state index is 12.2. The van der Waals surface area contributed by atoms with Crippen LogP contribution in [0.2, 0.25) is 0 Å². The van der Waals surface area contributed by atoms with Gasteiger partial charge in [-0.25, -0.2) is 8.42 Å². The first-order chi connectivity index (χ1) is 9.95. The normalized spacial score (nSPS) is 12.9. The van der Waals surface area contributed by atoms with Gasteiger partial charge in [-0.1, -0.05) is 61.5 Å². The Hall–Kier alpha value is -1.94. The van der Waals surface area contributed by atoms with Crippen molar-refractivity contribution in [2.24, 2.45) is 0 Å². The molecule has 3 nitrogen and oxygen atoms in total. The van der Waals surface area contributed by atoms with Gasteiger partial charge in [0.1, 0.15) is 5.25 Å². The van der Waals surface area contributed by atoms with Gasteiger partial charge >= 0.3 is 0 Å². The average Bonchev–Trinajstić information content (AvgIpc) is 2.54. The molecular weight excluding hydrogens is 284 g/mol. The van der Waals surface area contributed by atoms with Crippen molar-refractivity contribution in [1.82, 2.24) is 0 Å². The molecule has 0 spiro atoms. The van der Waals surface area contributed by atoms with Crippen LogP contribution in [0.3, 0.4) is 0 Å². The van der Waals surface area contributed by atoms with Gasteiger partial charge in [-0.3, -0.25) is 4.79 Å². The first kappa shape index (κ1) is 15.4. The second kappa shape index (κ2) is 6.22. The molecule has 0 heterocycles. The van der Waals surface area contributed by atoms with Crippen LogP contribution in [0.15, 0.2) is 54.6 Å². The van der Waals surface area contributed by atoms with Gasteiger partial charge in [0.05, 0.1) is 0 Å². The Labute approximate surface area is 125 Å². The Bertz CT molecular complexity index is 716. The van der Waals surface area contributed by atoms with Crippen molar-refractivity contribution >= 4 is 15.6 Å². The van der Waals surface area contributed by atoms with E-state index in [9.17, 15) is 13.2 Å². The van der Waals surface area contributed by atoms with E-state index in [2.05, 4.69) is 0 Å². The van der Waals surface area contributed by atoms with Crippen molar-refractivity contribution < 1.29 is 13.2 Å². The lowest BCUT2D eigenvalue weighted by molar-refractivity contribution is 0.0991. The van der Waals surface area contributed by atoms with Crippen LogP contribution in [0.4, 0.5) is 0 Å². The molecular formula is C17H18O3S. The van der Waals surface area contributed by atoms with E-state index in [1.165, 1.54) is 6.92 Å². The minimum absolute atomic E-state index is 0.0258. The van der Waals surface area contributed by atoms with E-state index in [1.807, 2.05) is 42.5 Å². The molecule has 0 radical (unpaired) electrons. The Morgan fingerprint density at radius 1 is 0.952 bits per heavy atom. The number of Topliss-reactive ketones (excluding diaryl/α,β-unsaturated/α-hetero) is 1. The lowest BCUT2D eigenvalue weighted by atomic mass is 10.0. The molecule has 0 amide bonds. The van der Waals surface area contributed by atoms with Crippen LogP contribution in [-0.2, 0) is 9.84 Å². The molecule has 0 aliphatic rings. The number of rotatable bonds is 5. The molecule has 2 rings (SSSR count). The van der Waals surface area contributed by atoms with Crippen LogP contribution in [0.25, 0.3) is 11.1 Å². The maximum Gasteiger partial charge on any atom is 0.180 e. The zero-order chi connectivity index (χ0) is 15.5. The summed E-state index contributed by atoms with van der Waals surface area (Å²) in [6, 6.07) is 16.9. The van der Waals surface area contributed by atoms with Crippen LogP contribution < -0.4 is 0 Å². The number of carbonyl (C=O) groups excluding carboxylic acids is 1. The molecule has 0 saturated carbocycles. The number of hydrogen-bond acceptors (Lipinski definition) is 3. The van der Waals surface area contributed by atoms with Gasteiger partial charge in [0.2, 0.25) is 0 Å². The molecule has 0 bridgehead atoms. The van der Waals surface area contributed by atoms with E-state index < -0.39 is 15.1 Å². The van der Waals surface area contributed by atoms with Gasteiger partial charge < -0.3 is 0 Å². The number of ketones is 1. The Kier molecular flexibility index (Phi) is 4.58. The number of sulfone groups is 1. The van der Waals surface area contributed by atoms with E-state index in [-0.39, 0.29) is 11.5 Å². The Morgan fingerprint density at radius 2 is 1.48 bits per heavy atom. The van der Waals surface area contributed by atoms with E-state index in [0.717, 1.165) is 11.1 Å². The van der Waals surface area contributed by atoms with Crippen LogP contribution in [0.1, 0.15) is 24.2 Å². The smallest absolute Gasteiger partial charge is 0.180 e. The first-order valence-corrected chi connectivity index (χ1v) is 8.58. The van der Waals surface area contributed by atoms with Gasteiger partial charge in [0.25, 0.3) is 0 Å². The quantitative estimate of drug-likeness (QED) is 0.796. The monoisotopic (exact) mass is 302 g/mol. The number of carbonyl (C=O) groups is 1. The zero-order valence-corrected chi connectivity index (χ0v) is 12.9. The predicted octanol–water partition coefficient (Wildman–Crippen LogP) is 3.36. The molecule has 0 aliphatic carbocycles. The van der Waals surface area contributed by atoms with E-state index in [1.54, 1.807) is 19.1 Å². The van der Waals surface area contributed by atoms with Crippen LogP contribution in [0, 0.1) is 0 Å². The predicted molar refractivity (Wildman–Crippen MR) is 85.1 cm³/mol. The van der Waals surface area contributed by atoms with Gasteiger partial charge in [-0.05, 0) is 18.1 Å². The van der Waals surface area contributed by atoms with Crippen molar-refractivity contribution in [3.63, 3.8) is 0 Å². The van der Waals surface area contributed by atoms with Gasteiger partial charge in [0.15, 0.2) is 15.6 Å². The lowest BCUT2D eigenvalue weighted by Crippen LogP contribution is -2.28. The molecule has 2 aromatic carbocycles. The van der Waals surface area contributed by atoms with Crippen molar-refractivity contribution in [2.45, 2.75) is 19.1 Å². The van der Waals surface area contributed by atoms with Crippen molar-refractivity contribution in [3.05, 3.63) is 60.2 Å². The average molecular weight is 302 g/mol. The molecule has 0 aliphatic heterocycles. The van der Waals surface area contributed by atoms with Crippen molar-refractivity contribution in [3.8, 4) is 11.1 Å². The molecule has 0 saturated heterocycles. The third kappa shape index (κ3) is 3.39. The SMILES string of the molecule is CCS(=O)(=O)[C@H](C)C(=O)c1ccc(-c2ccccc2)cc1. The third-order valence-electron chi connectivity index (χ3n) is 3.59. The summed E-state index contributed by atoms with van der Waals surface area (Å²) in [6.07, 6.45) is 0. The molecule has 110 valence electrons. The van der Waals surface area contributed by atoms with E-state index in [4.69, 9.17) is 0 Å². The summed E-state index contributed by atoms with van der Waals surface area (Å²) in [6.45, 7) is 3.00. The molecule has 21 heavy (non-hydrogen) atoms. The van der Waals surface area contributed by atoms with Crippen LogP contribution >= 0.6 is 0 Å². The highest BCUT2D eigenvalue weighted by Crippen LogP contribution is 2.20. The van der Waals surface area contributed by atoms with Crippen LogP contribution in [-0.4, -0.2) is 25.2 Å². The zero-order valence-electron chi connectivity index (χ0n) is 12.1. The summed E-state index contributed by atoms with van der Waals surface area (Å²) < 4.78 is 23.6. The third-order valence-corrected chi connectivity index (χ3v) is 5.68. The van der Waals surface area contributed by atoms with E-state index >= 15 is 0 Å². The topological polar surface area (TPSA) is 51.2 Å². The fourth-order valence-electron chi connectivity index (χ4n) is 2.11. The number of benzene rings is 2. The highest BCUT2D eigenvalue weighted by atomic mass is 32.2. The summed E-state index contributed by atoms with van der Waals surface area (Å²) in [5, 5.41) is -0.995.